The Bertz CT molecular complexity index is 456. The van der Waals surface area contributed by atoms with E-state index in [4.69, 9.17) is 16.0 Å². The second kappa shape index (κ2) is 5.14. The van der Waals surface area contributed by atoms with Crippen LogP contribution in [0.15, 0.2) is 41.0 Å². The second-order valence-corrected chi connectivity index (χ2v) is 3.84. The quantitative estimate of drug-likeness (QED) is 0.885. The molecule has 1 aromatic carbocycles. The van der Waals surface area contributed by atoms with Crippen molar-refractivity contribution >= 4 is 11.6 Å². The Morgan fingerprint density at radius 1 is 1.25 bits per heavy atom. The molecule has 0 bridgehead atoms. The molecule has 0 saturated heterocycles. The molecule has 0 spiro atoms. The number of halogens is 2. The highest BCUT2D eigenvalue weighted by atomic mass is 35.5. The Labute approximate surface area is 98.0 Å². The predicted molar refractivity (Wildman–Crippen MR) is 60.7 cm³/mol. The van der Waals surface area contributed by atoms with Crippen LogP contribution in [-0.4, -0.2) is 0 Å². The first-order valence-electron chi connectivity index (χ1n) is 4.93. The molecule has 0 saturated carbocycles. The van der Waals surface area contributed by atoms with Crippen molar-refractivity contribution in [3.63, 3.8) is 0 Å². The number of furan rings is 1. The van der Waals surface area contributed by atoms with Gasteiger partial charge in [-0.05, 0) is 29.8 Å². The van der Waals surface area contributed by atoms with Crippen molar-refractivity contribution in [1.29, 1.82) is 0 Å². The van der Waals surface area contributed by atoms with Crippen LogP contribution in [0.25, 0.3) is 0 Å². The summed E-state index contributed by atoms with van der Waals surface area (Å²) in [5.41, 5.74) is 0.943. The molecule has 0 radical (unpaired) electrons. The lowest BCUT2D eigenvalue weighted by atomic mass is 10.2. The fraction of sp³-hybridized carbons (Fsp3) is 0.167. The number of rotatable bonds is 4. The summed E-state index contributed by atoms with van der Waals surface area (Å²) >= 11 is 5.67. The molecule has 2 aromatic rings. The van der Waals surface area contributed by atoms with E-state index >= 15 is 0 Å². The molecule has 0 aliphatic heterocycles. The van der Waals surface area contributed by atoms with Crippen LogP contribution in [0.5, 0.6) is 0 Å². The van der Waals surface area contributed by atoms with Gasteiger partial charge in [-0.15, -0.1) is 0 Å². The molecule has 1 heterocycles. The number of benzene rings is 1. The van der Waals surface area contributed by atoms with Gasteiger partial charge in [0.1, 0.15) is 11.6 Å². The third-order valence-corrected chi connectivity index (χ3v) is 2.48. The van der Waals surface area contributed by atoms with Gasteiger partial charge in [-0.1, -0.05) is 17.7 Å². The zero-order valence-electron chi connectivity index (χ0n) is 8.54. The number of hydrogen-bond donors (Lipinski definition) is 1. The molecule has 0 amide bonds. The molecule has 2 rings (SSSR count). The normalized spacial score (nSPS) is 10.6. The molecule has 2 nitrogen and oxygen atoms in total. The van der Waals surface area contributed by atoms with Crippen molar-refractivity contribution < 1.29 is 8.81 Å². The maximum atomic E-state index is 12.9. The van der Waals surface area contributed by atoms with E-state index in [2.05, 4.69) is 5.32 Å². The van der Waals surface area contributed by atoms with Gasteiger partial charge in [-0.3, -0.25) is 0 Å². The molecule has 0 unspecified atom stereocenters. The largest absolute Gasteiger partial charge is 0.468 e. The zero-order chi connectivity index (χ0) is 11.4. The topological polar surface area (TPSA) is 25.2 Å². The Kier molecular flexibility index (Phi) is 3.59. The molecule has 16 heavy (non-hydrogen) atoms. The average Bonchev–Trinajstić information content (AvgIpc) is 2.76. The maximum Gasteiger partial charge on any atom is 0.141 e. The Morgan fingerprint density at radius 2 is 2.12 bits per heavy atom. The first-order chi connectivity index (χ1) is 7.75. The highest BCUT2D eigenvalue weighted by molar-refractivity contribution is 6.30. The van der Waals surface area contributed by atoms with Crippen LogP contribution >= 0.6 is 11.6 Å². The van der Waals surface area contributed by atoms with Crippen molar-refractivity contribution in [2.24, 2.45) is 0 Å². The molecule has 1 N–H and O–H groups in total. The monoisotopic (exact) mass is 239 g/mol. The second-order valence-electron chi connectivity index (χ2n) is 3.43. The number of hydrogen-bond acceptors (Lipinski definition) is 2. The summed E-state index contributed by atoms with van der Waals surface area (Å²) in [6, 6.07) is 8.42. The smallest absolute Gasteiger partial charge is 0.141 e. The van der Waals surface area contributed by atoms with Gasteiger partial charge in [-0.25, -0.2) is 4.39 Å². The summed E-state index contributed by atoms with van der Waals surface area (Å²) in [7, 11) is 0. The van der Waals surface area contributed by atoms with Gasteiger partial charge < -0.3 is 9.73 Å². The van der Waals surface area contributed by atoms with Gasteiger partial charge in [0, 0.05) is 6.54 Å². The van der Waals surface area contributed by atoms with E-state index in [0.29, 0.717) is 13.1 Å². The van der Waals surface area contributed by atoms with Gasteiger partial charge in [0.25, 0.3) is 0 Å². The summed E-state index contributed by atoms with van der Waals surface area (Å²) in [6.45, 7) is 1.27. The van der Waals surface area contributed by atoms with E-state index in [1.807, 2.05) is 12.1 Å². The minimum absolute atomic E-state index is 0.150. The van der Waals surface area contributed by atoms with Gasteiger partial charge >= 0.3 is 0 Å². The minimum Gasteiger partial charge on any atom is -0.468 e. The fourth-order valence-electron chi connectivity index (χ4n) is 1.39. The Hall–Kier alpha value is -1.32. The third kappa shape index (κ3) is 2.84. The minimum atomic E-state index is -0.392. The van der Waals surface area contributed by atoms with Gasteiger partial charge in [0.2, 0.25) is 0 Å². The standard InChI is InChI=1S/C12H11ClFNO/c13-11-6-9(3-4-12(11)14)7-15-8-10-2-1-5-16-10/h1-6,15H,7-8H2. The Balaban J connectivity index is 1.87. The summed E-state index contributed by atoms with van der Waals surface area (Å²) in [5, 5.41) is 3.33. The van der Waals surface area contributed by atoms with Crippen LogP contribution in [0.2, 0.25) is 5.02 Å². The highest BCUT2D eigenvalue weighted by Crippen LogP contribution is 2.15. The molecule has 0 aliphatic rings. The van der Waals surface area contributed by atoms with Crippen molar-refractivity contribution in [3.05, 3.63) is 58.8 Å². The Morgan fingerprint density at radius 3 is 2.81 bits per heavy atom. The third-order valence-electron chi connectivity index (χ3n) is 2.19. The van der Waals surface area contributed by atoms with Crippen molar-refractivity contribution in [3.8, 4) is 0 Å². The lowest BCUT2D eigenvalue weighted by molar-refractivity contribution is 0.483. The summed E-state index contributed by atoms with van der Waals surface area (Å²) < 4.78 is 18.0. The van der Waals surface area contributed by atoms with Crippen LogP contribution in [0, 0.1) is 5.82 Å². The predicted octanol–water partition coefficient (Wildman–Crippen LogP) is 3.36. The van der Waals surface area contributed by atoms with Crippen LogP contribution < -0.4 is 5.32 Å². The van der Waals surface area contributed by atoms with E-state index in [9.17, 15) is 4.39 Å². The zero-order valence-corrected chi connectivity index (χ0v) is 9.30. The summed E-state index contributed by atoms with van der Waals surface area (Å²) in [5.74, 6) is 0.477. The number of nitrogens with one attached hydrogen (secondary N) is 1. The van der Waals surface area contributed by atoms with E-state index in [1.54, 1.807) is 18.4 Å². The van der Waals surface area contributed by atoms with Crippen molar-refractivity contribution in [2.45, 2.75) is 13.1 Å². The van der Waals surface area contributed by atoms with Gasteiger partial charge in [-0.2, -0.15) is 0 Å². The van der Waals surface area contributed by atoms with Crippen LogP contribution in [0.4, 0.5) is 4.39 Å². The molecular weight excluding hydrogens is 229 g/mol. The van der Waals surface area contributed by atoms with Crippen LogP contribution in [0.3, 0.4) is 0 Å². The van der Waals surface area contributed by atoms with Gasteiger partial charge in [0.15, 0.2) is 0 Å². The van der Waals surface area contributed by atoms with E-state index in [0.717, 1.165) is 11.3 Å². The summed E-state index contributed by atoms with van der Waals surface area (Å²) in [6.07, 6.45) is 1.63. The highest BCUT2D eigenvalue weighted by Gasteiger charge is 2.01. The first-order valence-corrected chi connectivity index (χ1v) is 5.30. The molecule has 1 aromatic heterocycles. The molecule has 4 heteroatoms. The molecule has 0 aliphatic carbocycles. The maximum absolute atomic E-state index is 12.9. The van der Waals surface area contributed by atoms with E-state index in [-0.39, 0.29) is 5.02 Å². The van der Waals surface area contributed by atoms with E-state index < -0.39 is 5.82 Å². The first kappa shape index (κ1) is 11.2. The van der Waals surface area contributed by atoms with Crippen LogP contribution in [-0.2, 0) is 13.1 Å². The fourth-order valence-corrected chi connectivity index (χ4v) is 1.60. The van der Waals surface area contributed by atoms with Crippen molar-refractivity contribution in [2.75, 3.05) is 0 Å². The molecule has 0 fully saturated rings. The van der Waals surface area contributed by atoms with Crippen LogP contribution in [0.1, 0.15) is 11.3 Å². The molecular formula is C12H11ClFNO. The SMILES string of the molecule is Fc1ccc(CNCc2ccco2)cc1Cl. The van der Waals surface area contributed by atoms with Gasteiger partial charge in [0.05, 0.1) is 17.8 Å². The summed E-state index contributed by atoms with van der Waals surface area (Å²) in [4.78, 5) is 0. The van der Waals surface area contributed by atoms with Crippen molar-refractivity contribution in [1.82, 2.24) is 5.32 Å². The molecule has 0 atom stereocenters. The van der Waals surface area contributed by atoms with E-state index in [1.165, 1.54) is 6.07 Å². The lowest BCUT2D eigenvalue weighted by Gasteiger charge is -2.04. The lowest BCUT2D eigenvalue weighted by Crippen LogP contribution is -2.12. The molecule has 84 valence electrons. The average molecular weight is 240 g/mol.